The minimum atomic E-state index is -0.662. The maximum absolute atomic E-state index is 11.9. The zero-order valence-electron chi connectivity index (χ0n) is 15.3. The summed E-state index contributed by atoms with van der Waals surface area (Å²) in [7, 11) is 1.53. The first-order chi connectivity index (χ1) is 13.4. The van der Waals surface area contributed by atoms with Gasteiger partial charge in [0.2, 0.25) is 0 Å². The Kier molecular flexibility index (Phi) is 8.17. The number of ether oxygens (including phenoxy) is 3. The molecule has 2 rings (SSSR count). The second-order valence-corrected chi connectivity index (χ2v) is 6.30. The number of carbonyl (C=O) groups is 2. The van der Waals surface area contributed by atoms with Crippen LogP contribution >= 0.6 is 23.2 Å². The van der Waals surface area contributed by atoms with Gasteiger partial charge in [-0.25, -0.2) is 4.79 Å². The topological polar surface area (TPSA) is 73.9 Å². The Bertz CT molecular complexity index is 883. The van der Waals surface area contributed by atoms with Crippen molar-refractivity contribution >= 4 is 46.8 Å². The van der Waals surface area contributed by atoms with Crippen molar-refractivity contribution < 1.29 is 23.8 Å². The maximum Gasteiger partial charge on any atom is 0.331 e. The van der Waals surface area contributed by atoms with E-state index in [1.807, 2.05) is 6.92 Å². The molecule has 0 spiro atoms. The lowest BCUT2D eigenvalue weighted by Crippen LogP contribution is -2.20. The highest BCUT2D eigenvalue weighted by Gasteiger charge is 2.09. The van der Waals surface area contributed by atoms with Gasteiger partial charge in [0.1, 0.15) is 0 Å². The van der Waals surface area contributed by atoms with Crippen molar-refractivity contribution in [2.24, 2.45) is 0 Å². The Morgan fingerprint density at radius 1 is 1.11 bits per heavy atom. The highest BCUT2D eigenvalue weighted by molar-refractivity contribution is 6.36. The van der Waals surface area contributed by atoms with Crippen LogP contribution in [-0.4, -0.2) is 32.2 Å². The van der Waals surface area contributed by atoms with E-state index >= 15 is 0 Å². The molecular formula is C20H19Cl2NO5. The number of rotatable bonds is 8. The van der Waals surface area contributed by atoms with Gasteiger partial charge in [0.15, 0.2) is 18.1 Å². The van der Waals surface area contributed by atoms with E-state index in [-0.39, 0.29) is 5.02 Å². The molecule has 0 saturated carbocycles. The number of hydrogen-bond donors (Lipinski definition) is 1. The fourth-order valence-electron chi connectivity index (χ4n) is 2.19. The van der Waals surface area contributed by atoms with Crippen LogP contribution in [0.25, 0.3) is 6.08 Å². The average molecular weight is 424 g/mol. The Balaban J connectivity index is 1.88. The number of esters is 1. The number of anilines is 1. The number of halogens is 2. The van der Waals surface area contributed by atoms with Gasteiger partial charge >= 0.3 is 5.97 Å². The minimum Gasteiger partial charge on any atom is -0.493 e. The Labute approximate surface area is 173 Å². The minimum absolute atomic E-state index is 0.288. The molecule has 0 fully saturated rings. The fraction of sp³-hybridized carbons (Fsp3) is 0.200. The van der Waals surface area contributed by atoms with Crippen LogP contribution in [-0.2, 0) is 14.3 Å². The molecule has 0 bridgehead atoms. The molecule has 0 radical (unpaired) electrons. The standard InChI is InChI=1S/C20H19Cl2NO5/c1-3-27-17-8-4-13(10-18(17)26-2)5-9-20(25)28-12-19(24)23-16-7-6-14(21)11-15(16)22/h4-11H,3,12H2,1-2H3,(H,23,24)/b9-5+. The number of methoxy groups -OCH3 is 1. The van der Waals surface area contributed by atoms with Crippen molar-refractivity contribution in [2.45, 2.75) is 6.92 Å². The molecule has 8 heteroatoms. The van der Waals surface area contributed by atoms with E-state index in [4.69, 9.17) is 37.4 Å². The maximum atomic E-state index is 11.9. The molecule has 28 heavy (non-hydrogen) atoms. The SMILES string of the molecule is CCOc1ccc(/C=C/C(=O)OCC(=O)Nc2ccc(Cl)cc2Cl)cc1OC. The molecule has 0 aliphatic carbocycles. The summed E-state index contributed by atoms with van der Waals surface area (Å²) in [6.45, 7) is 1.94. The summed E-state index contributed by atoms with van der Waals surface area (Å²) in [5, 5.41) is 3.28. The molecule has 6 nitrogen and oxygen atoms in total. The first-order valence-electron chi connectivity index (χ1n) is 8.33. The van der Waals surface area contributed by atoms with Crippen molar-refractivity contribution in [1.82, 2.24) is 0 Å². The summed E-state index contributed by atoms with van der Waals surface area (Å²) in [6, 6.07) is 9.89. The molecular weight excluding hydrogens is 405 g/mol. The smallest absolute Gasteiger partial charge is 0.331 e. The van der Waals surface area contributed by atoms with Gasteiger partial charge in [0.05, 0.1) is 24.4 Å². The molecule has 0 unspecified atom stereocenters. The van der Waals surface area contributed by atoms with Gasteiger partial charge in [0.25, 0.3) is 5.91 Å². The lowest BCUT2D eigenvalue weighted by Gasteiger charge is -2.09. The highest BCUT2D eigenvalue weighted by atomic mass is 35.5. The quantitative estimate of drug-likeness (QED) is 0.496. The third-order valence-corrected chi connectivity index (χ3v) is 4.00. The summed E-state index contributed by atoms with van der Waals surface area (Å²) < 4.78 is 15.6. The summed E-state index contributed by atoms with van der Waals surface area (Å²) in [6.07, 6.45) is 2.77. The molecule has 148 valence electrons. The Hall–Kier alpha value is -2.70. The van der Waals surface area contributed by atoms with Crippen molar-refractivity contribution in [2.75, 3.05) is 25.6 Å². The monoisotopic (exact) mass is 423 g/mol. The number of carbonyl (C=O) groups excluding carboxylic acids is 2. The van der Waals surface area contributed by atoms with Crippen LogP contribution in [0.5, 0.6) is 11.5 Å². The normalized spacial score (nSPS) is 10.6. The van der Waals surface area contributed by atoms with E-state index < -0.39 is 18.5 Å². The van der Waals surface area contributed by atoms with Crippen molar-refractivity contribution in [3.63, 3.8) is 0 Å². The zero-order chi connectivity index (χ0) is 20.5. The van der Waals surface area contributed by atoms with Crippen LogP contribution in [0.2, 0.25) is 10.0 Å². The Morgan fingerprint density at radius 3 is 2.57 bits per heavy atom. The van der Waals surface area contributed by atoms with Crippen molar-refractivity contribution in [1.29, 1.82) is 0 Å². The summed E-state index contributed by atoms with van der Waals surface area (Å²) >= 11 is 11.8. The van der Waals surface area contributed by atoms with Gasteiger partial charge in [-0.1, -0.05) is 29.3 Å². The van der Waals surface area contributed by atoms with Crippen LogP contribution in [0.1, 0.15) is 12.5 Å². The predicted molar refractivity (Wildman–Crippen MR) is 109 cm³/mol. The largest absolute Gasteiger partial charge is 0.493 e. The van der Waals surface area contributed by atoms with Crippen LogP contribution in [0.3, 0.4) is 0 Å². The second-order valence-electron chi connectivity index (χ2n) is 5.46. The number of nitrogens with one attached hydrogen (secondary N) is 1. The number of amides is 1. The molecule has 0 heterocycles. The number of hydrogen-bond acceptors (Lipinski definition) is 5. The van der Waals surface area contributed by atoms with Gasteiger partial charge < -0.3 is 19.5 Å². The first kappa shape index (κ1) is 21.6. The second kappa shape index (κ2) is 10.6. The molecule has 2 aromatic carbocycles. The third-order valence-electron chi connectivity index (χ3n) is 3.45. The Morgan fingerprint density at radius 2 is 1.89 bits per heavy atom. The third kappa shape index (κ3) is 6.48. The van der Waals surface area contributed by atoms with Crippen LogP contribution in [0.15, 0.2) is 42.5 Å². The summed E-state index contributed by atoms with van der Waals surface area (Å²) in [4.78, 5) is 23.7. The van der Waals surface area contributed by atoms with E-state index in [1.165, 1.54) is 19.3 Å². The highest BCUT2D eigenvalue weighted by Crippen LogP contribution is 2.28. The van der Waals surface area contributed by atoms with E-state index in [1.54, 1.807) is 36.4 Å². The van der Waals surface area contributed by atoms with Gasteiger partial charge in [-0.2, -0.15) is 0 Å². The van der Waals surface area contributed by atoms with Gasteiger partial charge in [-0.05, 0) is 48.9 Å². The molecule has 1 amide bonds. The van der Waals surface area contributed by atoms with Crippen LogP contribution in [0.4, 0.5) is 5.69 Å². The van der Waals surface area contributed by atoms with Gasteiger partial charge in [-0.3, -0.25) is 4.79 Å². The molecule has 2 aromatic rings. The van der Waals surface area contributed by atoms with E-state index in [2.05, 4.69) is 5.32 Å². The number of benzene rings is 2. The van der Waals surface area contributed by atoms with Crippen molar-refractivity contribution in [3.05, 3.63) is 58.1 Å². The lowest BCUT2D eigenvalue weighted by molar-refractivity contribution is -0.142. The lowest BCUT2D eigenvalue weighted by atomic mass is 10.2. The first-order valence-corrected chi connectivity index (χ1v) is 9.09. The van der Waals surface area contributed by atoms with Gasteiger partial charge in [0, 0.05) is 11.1 Å². The molecule has 0 aliphatic heterocycles. The predicted octanol–water partition coefficient (Wildman–Crippen LogP) is 4.60. The van der Waals surface area contributed by atoms with E-state index in [9.17, 15) is 9.59 Å². The molecule has 0 aliphatic rings. The average Bonchev–Trinajstić information content (AvgIpc) is 2.68. The van der Waals surface area contributed by atoms with Crippen LogP contribution < -0.4 is 14.8 Å². The van der Waals surface area contributed by atoms with E-state index in [0.29, 0.717) is 28.8 Å². The fourth-order valence-corrected chi connectivity index (χ4v) is 2.64. The van der Waals surface area contributed by atoms with Crippen LogP contribution in [0, 0.1) is 0 Å². The molecule has 0 saturated heterocycles. The molecule has 0 aromatic heterocycles. The van der Waals surface area contributed by atoms with Crippen molar-refractivity contribution in [3.8, 4) is 11.5 Å². The summed E-state index contributed by atoms with van der Waals surface area (Å²) in [5.41, 5.74) is 1.10. The summed E-state index contributed by atoms with van der Waals surface area (Å²) in [5.74, 6) is -0.0160. The zero-order valence-corrected chi connectivity index (χ0v) is 16.8. The van der Waals surface area contributed by atoms with E-state index in [0.717, 1.165) is 5.56 Å². The van der Waals surface area contributed by atoms with Gasteiger partial charge in [-0.15, -0.1) is 0 Å². The molecule has 1 N–H and O–H groups in total. The molecule has 0 atom stereocenters.